The van der Waals surface area contributed by atoms with E-state index < -0.39 is 12.0 Å². The molecule has 0 aromatic heterocycles. The topological polar surface area (TPSA) is 66.8 Å². The number of ether oxygens (including phenoxy) is 1. The molecule has 2 aromatic rings. The fourth-order valence-electron chi connectivity index (χ4n) is 2.90. The summed E-state index contributed by atoms with van der Waals surface area (Å²) in [4.78, 5) is 25.2. The molecule has 1 amide bonds. The summed E-state index contributed by atoms with van der Waals surface area (Å²) in [6, 6.07) is 13.8. The molecule has 1 N–H and O–H groups in total. The summed E-state index contributed by atoms with van der Waals surface area (Å²) in [5, 5.41) is 9.20. The second kappa shape index (κ2) is 6.74. The SMILES string of the molecule is Cc1ccccc1Oc1ccc(C(=O)N2CCCC2C(=O)O)cc1. The van der Waals surface area contributed by atoms with Crippen molar-refractivity contribution in [1.29, 1.82) is 0 Å². The number of rotatable bonds is 4. The molecule has 0 radical (unpaired) electrons. The van der Waals surface area contributed by atoms with E-state index in [2.05, 4.69) is 0 Å². The molecule has 1 aliphatic rings. The highest BCUT2D eigenvalue weighted by molar-refractivity contribution is 5.97. The van der Waals surface area contributed by atoms with E-state index in [1.807, 2.05) is 31.2 Å². The van der Waals surface area contributed by atoms with Crippen LogP contribution in [0.25, 0.3) is 0 Å². The van der Waals surface area contributed by atoms with Gasteiger partial charge >= 0.3 is 5.97 Å². The summed E-state index contributed by atoms with van der Waals surface area (Å²) in [5.41, 5.74) is 1.50. The van der Waals surface area contributed by atoms with Crippen LogP contribution >= 0.6 is 0 Å². The summed E-state index contributed by atoms with van der Waals surface area (Å²) in [6.07, 6.45) is 1.23. The van der Waals surface area contributed by atoms with Crippen molar-refractivity contribution in [2.45, 2.75) is 25.8 Å². The first-order valence-electron chi connectivity index (χ1n) is 7.93. The van der Waals surface area contributed by atoms with Gasteiger partial charge in [0.15, 0.2) is 0 Å². The zero-order valence-electron chi connectivity index (χ0n) is 13.4. The quantitative estimate of drug-likeness (QED) is 0.934. The zero-order chi connectivity index (χ0) is 17.1. The summed E-state index contributed by atoms with van der Waals surface area (Å²) >= 11 is 0. The van der Waals surface area contributed by atoms with Crippen LogP contribution in [0.5, 0.6) is 11.5 Å². The number of carboxylic acid groups (broad SMARTS) is 1. The molecule has 1 fully saturated rings. The maximum absolute atomic E-state index is 12.5. The summed E-state index contributed by atoms with van der Waals surface area (Å²) in [6.45, 7) is 2.45. The Labute approximate surface area is 140 Å². The van der Waals surface area contributed by atoms with Crippen LogP contribution in [0.1, 0.15) is 28.8 Å². The van der Waals surface area contributed by atoms with E-state index >= 15 is 0 Å². The number of hydrogen-bond donors (Lipinski definition) is 1. The van der Waals surface area contributed by atoms with Crippen LogP contribution in [0.4, 0.5) is 0 Å². The lowest BCUT2D eigenvalue weighted by molar-refractivity contribution is -0.141. The Bertz CT molecular complexity index is 754. The molecule has 5 nitrogen and oxygen atoms in total. The van der Waals surface area contributed by atoms with Crippen molar-refractivity contribution in [2.75, 3.05) is 6.54 Å². The van der Waals surface area contributed by atoms with Crippen molar-refractivity contribution in [3.8, 4) is 11.5 Å². The number of nitrogens with zero attached hydrogens (tertiary/aromatic N) is 1. The number of carboxylic acids is 1. The monoisotopic (exact) mass is 325 g/mol. The highest BCUT2D eigenvalue weighted by atomic mass is 16.5. The molecule has 0 aliphatic carbocycles. The number of aryl methyl sites for hydroxylation is 1. The van der Waals surface area contributed by atoms with Crippen molar-refractivity contribution in [1.82, 2.24) is 4.90 Å². The molecule has 5 heteroatoms. The fourth-order valence-corrected chi connectivity index (χ4v) is 2.90. The Hall–Kier alpha value is -2.82. The third-order valence-electron chi connectivity index (χ3n) is 4.22. The van der Waals surface area contributed by atoms with E-state index in [4.69, 9.17) is 4.74 Å². The normalized spacial score (nSPS) is 16.9. The van der Waals surface area contributed by atoms with E-state index in [0.717, 1.165) is 17.7 Å². The van der Waals surface area contributed by atoms with Crippen LogP contribution in [0.15, 0.2) is 48.5 Å². The summed E-state index contributed by atoms with van der Waals surface area (Å²) < 4.78 is 5.81. The Kier molecular flexibility index (Phi) is 4.51. The average molecular weight is 325 g/mol. The summed E-state index contributed by atoms with van der Waals surface area (Å²) in [7, 11) is 0. The van der Waals surface area contributed by atoms with Crippen molar-refractivity contribution in [2.24, 2.45) is 0 Å². The lowest BCUT2D eigenvalue weighted by atomic mass is 10.1. The van der Waals surface area contributed by atoms with Crippen LogP contribution in [0.2, 0.25) is 0 Å². The highest BCUT2D eigenvalue weighted by Crippen LogP contribution is 2.26. The van der Waals surface area contributed by atoms with Gasteiger partial charge in [-0.05, 0) is 55.7 Å². The smallest absolute Gasteiger partial charge is 0.326 e. The number of likely N-dealkylation sites (tertiary alicyclic amines) is 1. The average Bonchev–Trinajstić information content (AvgIpc) is 3.07. The second-order valence-corrected chi connectivity index (χ2v) is 5.89. The minimum Gasteiger partial charge on any atom is -0.480 e. The number of benzene rings is 2. The first-order chi connectivity index (χ1) is 11.6. The lowest BCUT2D eigenvalue weighted by Crippen LogP contribution is -2.40. The highest BCUT2D eigenvalue weighted by Gasteiger charge is 2.34. The van der Waals surface area contributed by atoms with Gasteiger partial charge in [-0.3, -0.25) is 4.79 Å². The minimum atomic E-state index is -0.944. The zero-order valence-corrected chi connectivity index (χ0v) is 13.4. The third-order valence-corrected chi connectivity index (χ3v) is 4.22. The van der Waals surface area contributed by atoms with Gasteiger partial charge in [0, 0.05) is 12.1 Å². The van der Waals surface area contributed by atoms with Crippen molar-refractivity contribution in [3.05, 3.63) is 59.7 Å². The van der Waals surface area contributed by atoms with Crippen LogP contribution in [0, 0.1) is 6.92 Å². The maximum atomic E-state index is 12.5. The number of hydrogen-bond acceptors (Lipinski definition) is 3. The molecule has 0 spiro atoms. The first-order valence-corrected chi connectivity index (χ1v) is 7.93. The molecule has 0 saturated carbocycles. The van der Waals surface area contributed by atoms with Gasteiger partial charge in [-0.15, -0.1) is 0 Å². The largest absolute Gasteiger partial charge is 0.480 e. The standard InChI is InChI=1S/C19H19NO4/c1-13-5-2-3-7-17(13)24-15-10-8-14(9-11-15)18(21)20-12-4-6-16(20)19(22)23/h2-3,5,7-11,16H,4,6,12H2,1H3,(H,22,23). The van der Waals surface area contributed by atoms with Gasteiger partial charge in [-0.25, -0.2) is 4.79 Å². The van der Waals surface area contributed by atoms with Crippen LogP contribution in [-0.4, -0.2) is 34.5 Å². The summed E-state index contributed by atoms with van der Waals surface area (Å²) in [5.74, 6) is 0.210. The molecular formula is C19H19NO4. The van der Waals surface area contributed by atoms with Gasteiger partial charge in [0.2, 0.25) is 0 Å². The molecule has 3 rings (SSSR count). The molecule has 2 aromatic carbocycles. The maximum Gasteiger partial charge on any atom is 0.326 e. The molecule has 24 heavy (non-hydrogen) atoms. The lowest BCUT2D eigenvalue weighted by Gasteiger charge is -2.21. The van der Waals surface area contributed by atoms with Crippen LogP contribution < -0.4 is 4.74 Å². The second-order valence-electron chi connectivity index (χ2n) is 5.89. The molecule has 1 atom stereocenters. The van der Waals surface area contributed by atoms with Gasteiger partial charge in [0.25, 0.3) is 5.91 Å². The predicted molar refractivity (Wildman–Crippen MR) is 89.4 cm³/mol. The molecule has 1 unspecified atom stereocenters. The van der Waals surface area contributed by atoms with E-state index in [1.54, 1.807) is 24.3 Å². The Morgan fingerprint density at radius 3 is 2.50 bits per heavy atom. The van der Waals surface area contributed by atoms with E-state index in [-0.39, 0.29) is 5.91 Å². The van der Waals surface area contributed by atoms with Crippen LogP contribution in [0.3, 0.4) is 0 Å². The Morgan fingerprint density at radius 2 is 1.83 bits per heavy atom. The minimum absolute atomic E-state index is 0.248. The number of carbonyl (C=O) groups is 2. The number of aliphatic carboxylic acids is 1. The van der Waals surface area contributed by atoms with E-state index in [1.165, 1.54) is 4.90 Å². The third kappa shape index (κ3) is 3.25. The fraction of sp³-hybridized carbons (Fsp3) is 0.263. The van der Waals surface area contributed by atoms with Crippen molar-refractivity contribution in [3.63, 3.8) is 0 Å². The van der Waals surface area contributed by atoms with Gasteiger partial charge in [0.1, 0.15) is 17.5 Å². The predicted octanol–water partition coefficient (Wildman–Crippen LogP) is 3.48. The molecule has 1 saturated heterocycles. The van der Waals surface area contributed by atoms with E-state index in [0.29, 0.717) is 24.3 Å². The molecule has 1 heterocycles. The van der Waals surface area contributed by atoms with Crippen molar-refractivity contribution >= 4 is 11.9 Å². The Balaban J connectivity index is 1.73. The first kappa shape index (κ1) is 16.1. The van der Waals surface area contributed by atoms with Crippen molar-refractivity contribution < 1.29 is 19.4 Å². The number of carbonyl (C=O) groups excluding carboxylic acids is 1. The molecular weight excluding hydrogens is 306 g/mol. The molecule has 0 bridgehead atoms. The van der Waals surface area contributed by atoms with Gasteiger partial charge in [-0.2, -0.15) is 0 Å². The Morgan fingerprint density at radius 1 is 1.12 bits per heavy atom. The molecule has 124 valence electrons. The molecule has 1 aliphatic heterocycles. The van der Waals surface area contributed by atoms with Crippen LogP contribution in [-0.2, 0) is 4.79 Å². The van der Waals surface area contributed by atoms with Gasteiger partial charge < -0.3 is 14.7 Å². The van der Waals surface area contributed by atoms with E-state index in [9.17, 15) is 14.7 Å². The number of para-hydroxylation sites is 1. The number of amides is 1. The van der Waals surface area contributed by atoms with Gasteiger partial charge in [0.05, 0.1) is 0 Å². The van der Waals surface area contributed by atoms with Gasteiger partial charge in [-0.1, -0.05) is 18.2 Å².